The Morgan fingerprint density at radius 1 is 1.29 bits per heavy atom. The molecule has 0 fully saturated rings. The molecule has 0 aliphatic rings. The third-order valence-corrected chi connectivity index (χ3v) is 3.22. The lowest BCUT2D eigenvalue weighted by atomic mass is 10.1. The molecule has 0 bridgehead atoms. The lowest BCUT2D eigenvalue weighted by molar-refractivity contribution is -0.145. The van der Waals surface area contributed by atoms with E-state index in [9.17, 15) is 22.4 Å². The van der Waals surface area contributed by atoms with Gasteiger partial charge in [0.05, 0.1) is 5.56 Å². The van der Waals surface area contributed by atoms with Crippen LogP contribution in [-0.2, 0) is 0 Å². The van der Waals surface area contributed by atoms with Crippen LogP contribution in [-0.4, -0.2) is 29.6 Å². The summed E-state index contributed by atoms with van der Waals surface area (Å²) < 4.78 is 51.8. The van der Waals surface area contributed by atoms with Crippen LogP contribution in [0.15, 0.2) is 18.2 Å². The monoisotopic (exact) mass is 306 g/mol. The van der Waals surface area contributed by atoms with Gasteiger partial charge < -0.3 is 10.6 Å². The quantitative estimate of drug-likeness (QED) is 0.667. The lowest BCUT2D eigenvalue weighted by Gasteiger charge is -2.31. The Labute approximate surface area is 120 Å². The second-order valence-corrected chi connectivity index (χ2v) is 4.76. The Balaban J connectivity index is 3.15. The van der Waals surface area contributed by atoms with Gasteiger partial charge in [-0.05, 0) is 31.0 Å². The van der Waals surface area contributed by atoms with E-state index in [0.29, 0.717) is 17.7 Å². The highest BCUT2D eigenvalue weighted by atomic mass is 19.4. The summed E-state index contributed by atoms with van der Waals surface area (Å²) in [5.74, 6) is -1.89. The molecule has 0 aliphatic carbocycles. The number of carbonyl (C=O) groups is 1. The predicted octanol–water partition coefficient (Wildman–Crippen LogP) is 3.60. The van der Waals surface area contributed by atoms with Crippen LogP contribution in [0.5, 0.6) is 0 Å². The van der Waals surface area contributed by atoms with Crippen molar-refractivity contribution in [2.45, 2.75) is 38.9 Å². The van der Waals surface area contributed by atoms with Crippen molar-refractivity contribution < 1.29 is 22.4 Å². The molecule has 3 nitrogen and oxygen atoms in total. The minimum Gasteiger partial charge on any atom is -0.399 e. The van der Waals surface area contributed by atoms with Crippen molar-refractivity contribution in [1.29, 1.82) is 0 Å². The van der Waals surface area contributed by atoms with Gasteiger partial charge in [0.25, 0.3) is 5.91 Å². The number of rotatable bonds is 5. The van der Waals surface area contributed by atoms with Gasteiger partial charge in [0.1, 0.15) is 12.4 Å². The fourth-order valence-corrected chi connectivity index (χ4v) is 2.15. The zero-order valence-electron chi connectivity index (χ0n) is 11.9. The smallest absolute Gasteiger partial charge is 0.399 e. The van der Waals surface area contributed by atoms with E-state index in [0.717, 1.165) is 12.1 Å². The lowest BCUT2D eigenvalue weighted by Crippen LogP contribution is -2.45. The van der Waals surface area contributed by atoms with Crippen LogP contribution in [0.4, 0.5) is 23.2 Å². The van der Waals surface area contributed by atoms with E-state index in [1.165, 1.54) is 6.07 Å². The van der Waals surface area contributed by atoms with E-state index < -0.39 is 36.1 Å². The van der Waals surface area contributed by atoms with E-state index in [2.05, 4.69) is 0 Å². The minimum absolute atomic E-state index is 0.106. The topological polar surface area (TPSA) is 46.3 Å². The average Bonchev–Trinajstić information content (AvgIpc) is 2.37. The van der Waals surface area contributed by atoms with Crippen molar-refractivity contribution in [2.24, 2.45) is 0 Å². The number of amides is 1. The zero-order chi connectivity index (χ0) is 16.2. The fraction of sp³-hybridized carbons (Fsp3) is 0.500. The number of benzene rings is 1. The van der Waals surface area contributed by atoms with Gasteiger partial charge in [-0.1, -0.05) is 13.8 Å². The van der Waals surface area contributed by atoms with Crippen molar-refractivity contribution in [3.05, 3.63) is 29.6 Å². The third-order valence-electron chi connectivity index (χ3n) is 3.22. The number of nitrogen functional groups attached to an aromatic ring is 1. The highest BCUT2D eigenvalue weighted by Crippen LogP contribution is 2.23. The van der Waals surface area contributed by atoms with Crippen molar-refractivity contribution in [2.75, 3.05) is 12.3 Å². The van der Waals surface area contributed by atoms with Crippen LogP contribution < -0.4 is 5.73 Å². The number of carbonyl (C=O) groups excluding carboxylic acids is 1. The molecular weight excluding hydrogens is 288 g/mol. The SMILES string of the molecule is CCC(CC)N(CC(F)(F)F)C(=O)c1ccc(N)cc1F. The summed E-state index contributed by atoms with van der Waals surface area (Å²) in [6.45, 7) is 1.97. The first-order chi connectivity index (χ1) is 9.69. The van der Waals surface area contributed by atoms with Gasteiger partial charge >= 0.3 is 6.18 Å². The van der Waals surface area contributed by atoms with Gasteiger partial charge in [0.2, 0.25) is 0 Å². The Kier molecular flexibility index (Phi) is 5.57. The maximum atomic E-state index is 13.8. The first kappa shape index (κ1) is 17.3. The maximum Gasteiger partial charge on any atom is 0.406 e. The van der Waals surface area contributed by atoms with Gasteiger partial charge in [-0.25, -0.2) is 4.39 Å². The maximum absolute atomic E-state index is 13.8. The second-order valence-electron chi connectivity index (χ2n) is 4.76. The Bertz CT molecular complexity index is 498. The normalized spacial score (nSPS) is 11.8. The van der Waals surface area contributed by atoms with Gasteiger partial charge in [0, 0.05) is 11.7 Å². The number of nitrogens with two attached hydrogens (primary N) is 1. The van der Waals surface area contributed by atoms with E-state index in [-0.39, 0.29) is 5.69 Å². The molecule has 2 N–H and O–H groups in total. The Morgan fingerprint density at radius 3 is 2.29 bits per heavy atom. The summed E-state index contributed by atoms with van der Waals surface area (Å²) in [5.41, 5.74) is 5.08. The van der Waals surface area contributed by atoms with Crippen molar-refractivity contribution in [3.8, 4) is 0 Å². The van der Waals surface area contributed by atoms with Crippen LogP contribution in [0, 0.1) is 5.82 Å². The molecule has 0 aliphatic heterocycles. The number of anilines is 1. The molecule has 7 heteroatoms. The van der Waals surface area contributed by atoms with Crippen molar-refractivity contribution >= 4 is 11.6 Å². The minimum atomic E-state index is -4.54. The summed E-state index contributed by atoms with van der Waals surface area (Å²) >= 11 is 0. The molecule has 0 atom stereocenters. The number of halogens is 4. The number of hydrogen-bond donors (Lipinski definition) is 1. The largest absolute Gasteiger partial charge is 0.406 e. The predicted molar refractivity (Wildman–Crippen MR) is 72.3 cm³/mol. The van der Waals surface area contributed by atoms with Crippen LogP contribution in [0.25, 0.3) is 0 Å². The van der Waals surface area contributed by atoms with Crippen LogP contribution in [0.1, 0.15) is 37.0 Å². The Hall–Kier alpha value is -1.79. The molecule has 0 saturated heterocycles. The summed E-state index contributed by atoms with van der Waals surface area (Å²) in [6, 6.07) is 2.72. The summed E-state index contributed by atoms with van der Waals surface area (Å²) in [7, 11) is 0. The summed E-state index contributed by atoms with van der Waals surface area (Å²) in [5, 5.41) is 0. The molecule has 0 radical (unpaired) electrons. The van der Waals surface area contributed by atoms with Gasteiger partial charge in [-0.3, -0.25) is 4.79 Å². The van der Waals surface area contributed by atoms with Crippen LogP contribution in [0.3, 0.4) is 0 Å². The fourth-order valence-electron chi connectivity index (χ4n) is 2.15. The van der Waals surface area contributed by atoms with Gasteiger partial charge in [0.15, 0.2) is 0 Å². The van der Waals surface area contributed by atoms with Crippen LogP contribution in [0.2, 0.25) is 0 Å². The van der Waals surface area contributed by atoms with Crippen molar-refractivity contribution in [1.82, 2.24) is 4.90 Å². The molecule has 1 aromatic carbocycles. The zero-order valence-corrected chi connectivity index (χ0v) is 11.9. The first-order valence-corrected chi connectivity index (χ1v) is 6.62. The standard InChI is InChI=1S/C14H18F4N2O/c1-3-10(4-2)20(8-14(16,17)18)13(21)11-6-5-9(19)7-12(11)15/h5-7,10H,3-4,8,19H2,1-2H3. The first-order valence-electron chi connectivity index (χ1n) is 6.62. The van der Waals surface area contributed by atoms with Crippen LogP contribution >= 0.6 is 0 Å². The average molecular weight is 306 g/mol. The second kappa shape index (κ2) is 6.78. The molecule has 1 rings (SSSR count). The molecule has 21 heavy (non-hydrogen) atoms. The molecule has 0 heterocycles. The molecule has 0 aromatic heterocycles. The van der Waals surface area contributed by atoms with E-state index in [1.54, 1.807) is 13.8 Å². The number of nitrogens with zero attached hydrogens (tertiary/aromatic N) is 1. The molecule has 0 spiro atoms. The van der Waals surface area contributed by atoms with E-state index in [1.807, 2.05) is 0 Å². The summed E-state index contributed by atoms with van der Waals surface area (Å²) in [4.78, 5) is 12.9. The van der Waals surface area contributed by atoms with Gasteiger partial charge in [-0.15, -0.1) is 0 Å². The summed E-state index contributed by atoms with van der Waals surface area (Å²) in [6.07, 6.45) is -3.83. The Morgan fingerprint density at radius 2 is 1.86 bits per heavy atom. The van der Waals surface area contributed by atoms with E-state index in [4.69, 9.17) is 5.73 Å². The molecular formula is C14H18F4N2O. The molecule has 1 aromatic rings. The molecule has 0 unspecified atom stereocenters. The molecule has 0 saturated carbocycles. The van der Waals surface area contributed by atoms with E-state index >= 15 is 0 Å². The number of hydrogen-bond acceptors (Lipinski definition) is 2. The molecule has 1 amide bonds. The van der Waals surface area contributed by atoms with Gasteiger partial charge in [-0.2, -0.15) is 13.2 Å². The number of alkyl halides is 3. The highest BCUT2D eigenvalue weighted by molar-refractivity contribution is 5.95. The third kappa shape index (κ3) is 4.61. The molecule has 118 valence electrons. The highest BCUT2D eigenvalue weighted by Gasteiger charge is 2.36. The van der Waals surface area contributed by atoms with Crippen molar-refractivity contribution in [3.63, 3.8) is 0 Å².